The first-order valence-electron chi connectivity index (χ1n) is 10.8. The van der Waals surface area contributed by atoms with E-state index >= 15 is 0 Å². The van der Waals surface area contributed by atoms with Gasteiger partial charge >= 0.3 is 0 Å². The standard InChI is InChI=1S/C23H26ClN5O4S/c1-33-21-11-8-17(24)14-20(21)22(30)26-13-12-16-6-9-19(10-7-16)34(31,32)29-23(27-15-25)28-18-4-2-3-5-18/h6-11,14,18H,2-5,12-13H2,1H3,(H,26,30)(H2,27,28,29). The average molecular weight is 504 g/mol. The number of halogens is 1. The van der Waals surface area contributed by atoms with Crippen LogP contribution in [0.3, 0.4) is 0 Å². The minimum Gasteiger partial charge on any atom is -0.496 e. The van der Waals surface area contributed by atoms with Crippen molar-refractivity contribution in [2.75, 3.05) is 13.7 Å². The summed E-state index contributed by atoms with van der Waals surface area (Å²) in [6.45, 7) is 0.336. The lowest BCUT2D eigenvalue weighted by Crippen LogP contribution is -2.39. The van der Waals surface area contributed by atoms with Crippen LogP contribution in [0.4, 0.5) is 0 Å². The lowest BCUT2D eigenvalue weighted by molar-refractivity contribution is 0.0951. The summed E-state index contributed by atoms with van der Waals surface area (Å²) in [4.78, 5) is 16.8. The van der Waals surface area contributed by atoms with E-state index in [1.165, 1.54) is 25.3 Å². The molecule has 180 valence electrons. The van der Waals surface area contributed by atoms with Crippen LogP contribution in [0, 0.1) is 11.5 Å². The van der Waals surface area contributed by atoms with Gasteiger partial charge in [-0.1, -0.05) is 36.6 Å². The maximum absolute atomic E-state index is 12.7. The molecule has 1 saturated carbocycles. The molecule has 11 heteroatoms. The molecule has 1 aliphatic carbocycles. The fourth-order valence-electron chi connectivity index (χ4n) is 3.65. The predicted molar refractivity (Wildman–Crippen MR) is 129 cm³/mol. The molecule has 9 nitrogen and oxygen atoms in total. The number of hydrogen-bond acceptors (Lipinski definition) is 6. The van der Waals surface area contributed by atoms with Crippen LogP contribution in [0.1, 0.15) is 41.6 Å². The summed E-state index contributed by atoms with van der Waals surface area (Å²) >= 11 is 5.97. The normalized spacial score (nSPS) is 14.3. The fraction of sp³-hybridized carbons (Fsp3) is 0.348. The second kappa shape index (κ2) is 11.7. The predicted octanol–water partition coefficient (Wildman–Crippen LogP) is 2.97. The Morgan fingerprint density at radius 2 is 1.91 bits per heavy atom. The quantitative estimate of drug-likeness (QED) is 0.219. The van der Waals surface area contributed by atoms with Crippen molar-refractivity contribution in [3.8, 4) is 11.9 Å². The first kappa shape index (κ1) is 25.3. The highest BCUT2D eigenvalue weighted by Crippen LogP contribution is 2.23. The topological polar surface area (TPSA) is 133 Å². The number of hydrogen-bond donors (Lipinski definition) is 3. The van der Waals surface area contributed by atoms with Gasteiger partial charge in [0.25, 0.3) is 15.9 Å². The summed E-state index contributed by atoms with van der Waals surface area (Å²) < 4.78 is 33.0. The van der Waals surface area contributed by atoms with Gasteiger partial charge in [0.05, 0.1) is 23.6 Å². The zero-order valence-corrected chi connectivity index (χ0v) is 20.2. The van der Waals surface area contributed by atoms with Crippen LogP contribution in [0.2, 0.25) is 5.02 Å². The molecule has 1 amide bonds. The van der Waals surface area contributed by atoms with Gasteiger partial charge in [0.15, 0.2) is 6.19 Å². The largest absolute Gasteiger partial charge is 0.496 e. The first-order chi connectivity index (χ1) is 16.3. The molecule has 0 radical (unpaired) electrons. The Labute approximate surface area is 204 Å². The van der Waals surface area contributed by atoms with Gasteiger partial charge in [-0.2, -0.15) is 5.26 Å². The highest BCUT2D eigenvalue weighted by atomic mass is 35.5. The maximum atomic E-state index is 12.7. The highest BCUT2D eigenvalue weighted by molar-refractivity contribution is 7.90. The molecule has 34 heavy (non-hydrogen) atoms. The molecule has 0 aromatic heterocycles. The summed E-state index contributed by atoms with van der Waals surface area (Å²) in [6.07, 6.45) is 6.03. The second-order valence-corrected chi connectivity index (χ2v) is 9.87. The Morgan fingerprint density at radius 1 is 1.21 bits per heavy atom. The van der Waals surface area contributed by atoms with Crippen molar-refractivity contribution in [2.45, 2.75) is 43.0 Å². The molecule has 0 saturated heterocycles. The molecular formula is C23H26ClN5O4S. The van der Waals surface area contributed by atoms with E-state index in [1.54, 1.807) is 30.5 Å². The molecule has 0 atom stereocenters. The van der Waals surface area contributed by atoms with Gasteiger partial charge in [-0.3, -0.25) is 10.1 Å². The number of amides is 1. The molecule has 2 aromatic carbocycles. The summed E-state index contributed by atoms with van der Waals surface area (Å²) in [7, 11) is -2.44. The number of nitrogens with zero attached hydrogens (tertiary/aromatic N) is 2. The Balaban J connectivity index is 1.59. The van der Waals surface area contributed by atoms with Crippen LogP contribution in [-0.2, 0) is 16.4 Å². The van der Waals surface area contributed by atoms with Crippen molar-refractivity contribution in [3.05, 3.63) is 58.6 Å². The van der Waals surface area contributed by atoms with E-state index in [1.807, 2.05) is 0 Å². The monoisotopic (exact) mass is 503 g/mol. The van der Waals surface area contributed by atoms with E-state index in [0.717, 1.165) is 31.2 Å². The Hall–Kier alpha value is -3.29. The first-order valence-corrected chi connectivity index (χ1v) is 12.6. The Kier molecular flexibility index (Phi) is 8.73. The van der Waals surface area contributed by atoms with Gasteiger partial charge in [0.1, 0.15) is 5.75 Å². The van der Waals surface area contributed by atoms with Gasteiger partial charge in [-0.15, -0.1) is 0 Å². The lowest BCUT2D eigenvalue weighted by atomic mass is 10.1. The van der Waals surface area contributed by atoms with Gasteiger partial charge in [0, 0.05) is 11.6 Å². The van der Waals surface area contributed by atoms with Crippen LogP contribution in [0.15, 0.2) is 52.4 Å². The maximum Gasteiger partial charge on any atom is 0.264 e. The lowest BCUT2D eigenvalue weighted by Gasteiger charge is -2.12. The van der Waals surface area contributed by atoms with Crippen molar-refractivity contribution >= 4 is 33.5 Å². The summed E-state index contributed by atoms with van der Waals surface area (Å²) in [5.74, 6) is 0.0325. The van der Waals surface area contributed by atoms with Crippen molar-refractivity contribution in [1.29, 1.82) is 5.26 Å². The van der Waals surface area contributed by atoms with E-state index in [9.17, 15) is 13.2 Å². The third-order valence-corrected chi connectivity index (χ3v) is 6.97. The van der Waals surface area contributed by atoms with Crippen molar-refractivity contribution in [1.82, 2.24) is 15.4 Å². The third-order valence-electron chi connectivity index (χ3n) is 5.38. The molecule has 0 aliphatic heterocycles. The minimum absolute atomic E-state index is 0.00279. The van der Waals surface area contributed by atoms with Gasteiger partial charge in [0.2, 0.25) is 5.96 Å². The summed E-state index contributed by atoms with van der Waals surface area (Å²) in [5, 5.41) is 14.5. The molecule has 0 heterocycles. The fourth-order valence-corrected chi connectivity index (χ4v) is 4.79. The van der Waals surface area contributed by atoms with Crippen molar-refractivity contribution < 1.29 is 17.9 Å². The smallest absolute Gasteiger partial charge is 0.264 e. The molecule has 3 N–H and O–H groups in total. The zero-order valence-electron chi connectivity index (χ0n) is 18.7. The van der Waals surface area contributed by atoms with E-state index in [2.05, 4.69) is 20.3 Å². The summed E-state index contributed by atoms with van der Waals surface area (Å²) in [6, 6.07) is 11.1. The van der Waals surface area contributed by atoms with Crippen LogP contribution in [-0.4, -0.2) is 40.0 Å². The highest BCUT2D eigenvalue weighted by Gasteiger charge is 2.20. The molecule has 1 fully saturated rings. The number of aliphatic imine (C=N–C) groups is 1. The second-order valence-electron chi connectivity index (χ2n) is 7.75. The number of rotatable bonds is 8. The average Bonchev–Trinajstić information content (AvgIpc) is 3.32. The van der Waals surface area contributed by atoms with Crippen LogP contribution in [0.25, 0.3) is 0 Å². The van der Waals surface area contributed by atoms with Gasteiger partial charge < -0.3 is 10.1 Å². The van der Waals surface area contributed by atoms with Gasteiger partial charge in [-0.05, 0) is 55.2 Å². The number of benzene rings is 2. The number of carbonyl (C=O) groups excluding carboxylic acids is 1. The van der Waals surface area contributed by atoms with Crippen LogP contribution in [0.5, 0.6) is 5.75 Å². The molecule has 2 aromatic rings. The molecular weight excluding hydrogens is 478 g/mol. The number of nitriles is 1. The van der Waals surface area contributed by atoms with Crippen molar-refractivity contribution in [2.24, 2.45) is 4.99 Å². The molecule has 0 bridgehead atoms. The van der Waals surface area contributed by atoms with E-state index in [4.69, 9.17) is 21.6 Å². The minimum atomic E-state index is -3.91. The molecule has 3 rings (SSSR count). The number of methoxy groups -OCH3 is 1. The van der Waals surface area contributed by atoms with Gasteiger partial charge in [-0.25, -0.2) is 18.1 Å². The van der Waals surface area contributed by atoms with E-state index in [-0.39, 0.29) is 22.8 Å². The number of sulfonamides is 1. The number of guanidine groups is 1. The number of carbonyl (C=O) groups is 1. The third kappa shape index (κ3) is 6.85. The molecule has 0 unspecified atom stereocenters. The number of ether oxygens (including phenoxy) is 1. The van der Waals surface area contributed by atoms with E-state index < -0.39 is 10.0 Å². The van der Waals surface area contributed by atoms with Crippen molar-refractivity contribution in [3.63, 3.8) is 0 Å². The Morgan fingerprint density at radius 3 is 2.56 bits per heavy atom. The van der Waals surface area contributed by atoms with Crippen LogP contribution >= 0.6 is 11.6 Å². The molecule has 1 aliphatic rings. The summed E-state index contributed by atoms with van der Waals surface area (Å²) in [5.41, 5.74) is 1.18. The zero-order chi connectivity index (χ0) is 24.6. The Bertz CT molecular complexity index is 1190. The van der Waals surface area contributed by atoms with E-state index in [0.29, 0.717) is 29.3 Å². The SMILES string of the molecule is COc1ccc(Cl)cc1C(=O)NCCc1ccc(S(=O)(=O)NC(=NC2CCCC2)NC#N)cc1. The van der Waals surface area contributed by atoms with Crippen LogP contribution < -0.4 is 20.1 Å². The number of nitrogens with one attached hydrogen (secondary N) is 3. The molecule has 0 spiro atoms.